The average Bonchev–Trinajstić information content (AvgIpc) is 2.57. The molecule has 0 aliphatic heterocycles. The van der Waals surface area contributed by atoms with Crippen LogP contribution in [0.3, 0.4) is 0 Å². The summed E-state index contributed by atoms with van der Waals surface area (Å²) >= 11 is 0. The number of carbonyl (C=O) groups excluding carboxylic acids is 1. The van der Waals surface area contributed by atoms with Crippen LogP contribution in [-0.2, 0) is 0 Å². The highest BCUT2D eigenvalue weighted by atomic mass is 16.3. The van der Waals surface area contributed by atoms with Gasteiger partial charge in [0.2, 0.25) is 0 Å². The van der Waals surface area contributed by atoms with Crippen LogP contribution >= 0.6 is 0 Å². The zero-order valence-electron chi connectivity index (χ0n) is 6.78. The Balaban J connectivity index is 2.59. The predicted octanol–water partition coefficient (Wildman–Crippen LogP) is 2.64. The molecule has 0 bridgehead atoms. The zero-order valence-corrected chi connectivity index (χ0v) is 6.78. The van der Waals surface area contributed by atoms with Gasteiger partial charge < -0.3 is 4.42 Å². The van der Waals surface area contributed by atoms with E-state index >= 15 is 0 Å². The Morgan fingerprint density at radius 2 is 2.08 bits per heavy atom. The lowest BCUT2D eigenvalue weighted by Gasteiger charge is -2.03. The molecule has 1 aromatic heterocycles. The predicted molar refractivity (Wildman–Crippen MR) is 49.6 cm³/mol. The maximum atomic E-state index is 11.4. The molecule has 0 N–H and O–H groups in total. The van der Waals surface area contributed by atoms with Crippen LogP contribution in [0.15, 0.2) is 35.0 Å². The van der Waals surface area contributed by atoms with Crippen LogP contribution in [0.4, 0.5) is 0 Å². The number of rotatable bonds is 0. The van der Waals surface area contributed by atoms with Crippen molar-refractivity contribution in [2.24, 2.45) is 0 Å². The van der Waals surface area contributed by atoms with Crippen LogP contribution in [0.25, 0.3) is 17.0 Å². The minimum atomic E-state index is 0.0551. The number of allylic oxidation sites excluding steroid dienone is 1. The van der Waals surface area contributed by atoms with Crippen LogP contribution in [0, 0.1) is 0 Å². The SMILES string of the molecule is O=C1C=Cc2coc3cccc1c23. The van der Waals surface area contributed by atoms with Crippen molar-refractivity contribution in [2.75, 3.05) is 0 Å². The minimum Gasteiger partial charge on any atom is -0.464 e. The minimum absolute atomic E-state index is 0.0551. The molecule has 2 nitrogen and oxygen atoms in total. The number of ketones is 1. The standard InChI is InChI=1S/C11H6O2/c12-9-5-4-7-6-13-10-3-1-2-8(9)11(7)10/h1-6H. The molecular formula is C11H6O2. The molecule has 0 amide bonds. The highest BCUT2D eigenvalue weighted by Crippen LogP contribution is 2.29. The van der Waals surface area contributed by atoms with E-state index in [9.17, 15) is 4.79 Å². The molecule has 3 rings (SSSR count). The van der Waals surface area contributed by atoms with Gasteiger partial charge in [0, 0.05) is 16.5 Å². The molecule has 0 radical (unpaired) electrons. The van der Waals surface area contributed by atoms with Gasteiger partial charge in [0.1, 0.15) is 5.58 Å². The molecule has 2 heteroatoms. The molecule has 62 valence electrons. The highest BCUT2D eigenvalue weighted by molar-refractivity contribution is 6.19. The number of carbonyl (C=O) groups is 1. The van der Waals surface area contributed by atoms with E-state index in [1.807, 2.05) is 18.2 Å². The van der Waals surface area contributed by atoms with E-state index in [1.54, 1.807) is 18.4 Å². The fraction of sp³-hybridized carbons (Fsp3) is 0. The first-order valence-electron chi connectivity index (χ1n) is 4.09. The van der Waals surface area contributed by atoms with E-state index in [-0.39, 0.29) is 5.78 Å². The molecule has 2 aromatic rings. The molecule has 1 aromatic carbocycles. The number of benzene rings is 1. The zero-order chi connectivity index (χ0) is 8.84. The van der Waals surface area contributed by atoms with Crippen molar-refractivity contribution >= 4 is 22.8 Å². The van der Waals surface area contributed by atoms with Crippen molar-refractivity contribution in [3.63, 3.8) is 0 Å². The third kappa shape index (κ3) is 0.746. The van der Waals surface area contributed by atoms with E-state index in [0.717, 1.165) is 22.1 Å². The van der Waals surface area contributed by atoms with E-state index < -0.39 is 0 Å². The Hall–Kier alpha value is -1.83. The number of furan rings is 1. The van der Waals surface area contributed by atoms with E-state index in [2.05, 4.69) is 0 Å². The van der Waals surface area contributed by atoms with Gasteiger partial charge in [-0.2, -0.15) is 0 Å². The molecule has 1 heterocycles. The fourth-order valence-corrected chi connectivity index (χ4v) is 1.70. The second-order valence-corrected chi connectivity index (χ2v) is 3.07. The maximum absolute atomic E-state index is 11.4. The smallest absolute Gasteiger partial charge is 0.186 e. The van der Waals surface area contributed by atoms with Gasteiger partial charge in [-0.1, -0.05) is 12.1 Å². The Morgan fingerprint density at radius 1 is 1.15 bits per heavy atom. The van der Waals surface area contributed by atoms with E-state index in [0.29, 0.717) is 0 Å². The van der Waals surface area contributed by atoms with Crippen molar-refractivity contribution in [3.05, 3.63) is 41.7 Å². The quantitative estimate of drug-likeness (QED) is 0.608. The second kappa shape index (κ2) is 2.10. The van der Waals surface area contributed by atoms with Crippen LogP contribution in [-0.4, -0.2) is 5.78 Å². The van der Waals surface area contributed by atoms with Gasteiger partial charge in [0.05, 0.1) is 6.26 Å². The third-order valence-electron chi connectivity index (χ3n) is 2.31. The molecule has 1 aliphatic rings. The Labute approximate surface area is 74.5 Å². The summed E-state index contributed by atoms with van der Waals surface area (Å²) in [4.78, 5) is 11.4. The van der Waals surface area contributed by atoms with Gasteiger partial charge in [-0.25, -0.2) is 0 Å². The first-order valence-corrected chi connectivity index (χ1v) is 4.09. The lowest BCUT2D eigenvalue weighted by atomic mass is 9.98. The number of hydrogen-bond acceptors (Lipinski definition) is 2. The normalized spacial score (nSPS) is 14.0. The van der Waals surface area contributed by atoms with Gasteiger partial charge in [-0.3, -0.25) is 4.79 Å². The van der Waals surface area contributed by atoms with Crippen molar-refractivity contribution in [1.29, 1.82) is 0 Å². The maximum Gasteiger partial charge on any atom is 0.186 e. The molecule has 0 saturated carbocycles. The van der Waals surface area contributed by atoms with Crippen molar-refractivity contribution < 1.29 is 9.21 Å². The van der Waals surface area contributed by atoms with E-state index in [4.69, 9.17) is 4.42 Å². The Bertz CT molecular complexity index is 532. The van der Waals surface area contributed by atoms with Crippen molar-refractivity contribution in [1.82, 2.24) is 0 Å². The Kier molecular flexibility index (Phi) is 1.08. The average molecular weight is 170 g/mol. The van der Waals surface area contributed by atoms with Crippen LogP contribution < -0.4 is 0 Å². The van der Waals surface area contributed by atoms with E-state index in [1.165, 1.54) is 0 Å². The summed E-state index contributed by atoms with van der Waals surface area (Å²) in [6.07, 6.45) is 5.05. The Morgan fingerprint density at radius 3 is 3.00 bits per heavy atom. The molecule has 0 atom stereocenters. The summed E-state index contributed by atoms with van der Waals surface area (Å²) in [6, 6.07) is 5.53. The van der Waals surface area contributed by atoms with Crippen LogP contribution in [0.5, 0.6) is 0 Å². The van der Waals surface area contributed by atoms with Crippen LogP contribution in [0.1, 0.15) is 15.9 Å². The summed E-state index contributed by atoms with van der Waals surface area (Å²) in [5.41, 5.74) is 2.51. The molecule has 13 heavy (non-hydrogen) atoms. The highest BCUT2D eigenvalue weighted by Gasteiger charge is 2.16. The van der Waals surface area contributed by atoms with Gasteiger partial charge in [-0.15, -0.1) is 0 Å². The summed E-state index contributed by atoms with van der Waals surface area (Å²) in [6.45, 7) is 0. The fourth-order valence-electron chi connectivity index (χ4n) is 1.70. The summed E-state index contributed by atoms with van der Waals surface area (Å²) in [5.74, 6) is 0.0551. The molecule has 0 spiro atoms. The van der Waals surface area contributed by atoms with Gasteiger partial charge >= 0.3 is 0 Å². The van der Waals surface area contributed by atoms with Gasteiger partial charge in [0.15, 0.2) is 5.78 Å². The molecule has 0 saturated heterocycles. The van der Waals surface area contributed by atoms with Gasteiger partial charge in [0.25, 0.3) is 0 Å². The lowest BCUT2D eigenvalue weighted by molar-refractivity contribution is 0.104. The monoisotopic (exact) mass is 170 g/mol. The van der Waals surface area contributed by atoms with Gasteiger partial charge in [-0.05, 0) is 18.2 Å². The third-order valence-corrected chi connectivity index (χ3v) is 2.31. The molecule has 0 unspecified atom stereocenters. The molecule has 0 fully saturated rings. The summed E-state index contributed by atoms with van der Waals surface area (Å²) in [5, 5.41) is 0.940. The van der Waals surface area contributed by atoms with Crippen molar-refractivity contribution in [3.8, 4) is 0 Å². The largest absolute Gasteiger partial charge is 0.464 e. The molecule has 1 aliphatic carbocycles. The lowest BCUT2D eigenvalue weighted by Crippen LogP contribution is -1.98. The second-order valence-electron chi connectivity index (χ2n) is 3.07. The molecular weight excluding hydrogens is 164 g/mol. The first-order chi connectivity index (χ1) is 6.36. The topological polar surface area (TPSA) is 30.2 Å². The summed E-state index contributed by atoms with van der Waals surface area (Å²) < 4.78 is 5.31. The van der Waals surface area contributed by atoms with Crippen LogP contribution in [0.2, 0.25) is 0 Å². The summed E-state index contributed by atoms with van der Waals surface area (Å²) in [7, 11) is 0. The van der Waals surface area contributed by atoms with Crippen molar-refractivity contribution in [2.45, 2.75) is 0 Å². The number of hydrogen-bond donors (Lipinski definition) is 0. The first kappa shape index (κ1) is 6.66.